The number of halogens is 2. The minimum Gasteiger partial charge on any atom is -0.380 e. The molecule has 1 aliphatic rings. The molecule has 0 aliphatic heterocycles. The standard InChI is InChI=1S/C8H10F2O/c1-11-5-6-2-7(9)4-8(10)3-6/h2,4,8H,3,5H2,1H3. The van der Waals surface area contributed by atoms with Gasteiger partial charge >= 0.3 is 0 Å². The van der Waals surface area contributed by atoms with Crippen LogP contribution in [0.1, 0.15) is 6.42 Å². The summed E-state index contributed by atoms with van der Waals surface area (Å²) in [7, 11) is 1.50. The van der Waals surface area contributed by atoms with Crippen LogP contribution >= 0.6 is 0 Å². The van der Waals surface area contributed by atoms with E-state index in [4.69, 9.17) is 4.74 Å². The second-order valence-corrected chi connectivity index (χ2v) is 2.51. The van der Waals surface area contributed by atoms with Crippen LogP contribution < -0.4 is 0 Å². The van der Waals surface area contributed by atoms with Gasteiger partial charge in [-0.25, -0.2) is 8.78 Å². The van der Waals surface area contributed by atoms with Crippen LogP contribution in [-0.2, 0) is 4.74 Å². The first-order chi connectivity index (χ1) is 5.22. The molecule has 0 bridgehead atoms. The molecule has 3 heteroatoms. The maximum Gasteiger partial charge on any atom is 0.125 e. The number of allylic oxidation sites excluding steroid dienone is 3. The third kappa shape index (κ3) is 2.42. The van der Waals surface area contributed by atoms with Crippen LogP contribution in [0.25, 0.3) is 0 Å². The highest BCUT2D eigenvalue weighted by Gasteiger charge is 2.13. The minimum absolute atomic E-state index is 0.251. The number of ether oxygens (including phenoxy) is 1. The van der Waals surface area contributed by atoms with Gasteiger partial charge in [-0.05, 0) is 17.7 Å². The Balaban J connectivity index is 2.60. The second-order valence-electron chi connectivity index (χ2n) is 2.51. The first-order valence-corrected chi connectivity index (χ1v) is 3.42. The van der Waals surface area contributed by atoms with Crippen LogP contribution in [0.4, 0.5) is 8.78 Å². The molecular weight excluding hydrogens is 150 g/mol. The molecule has 0 N–H and O–H groups in total. The maximum absolute atomic E-state index is 12.6. The molecule has 0 saturated carbocycles. The monoisotopic (exact) mass is 160 g/mol. The molecular formula is C8H10F2O. The van der Waals surface area contributed by atoms with E-state index in [9.17, 15) is 8.78 Å². The summed E-state index contributed by atoms with van der Waals surface area (Å²) in [5.41, 5.74) is 0.667. The molecule has 0 aromatic rings. The van der Waals surface area contributed by atoms with E-state index in [-0.39, 0.29) is 6.42 Å². The Morgan fingerprint density at radius 1 is 1.73 bits per heavy atom. The molecule has 0 aromatic carbocycles. The van der Waals surface area contributed by atoms with Crippen molar-refractivity contribution < 1.29 is 13.5 Å². The maximum atomic E-state index is 12.6. The summed E-state index contributed by atoms with van der Waals surface area (Å²) in [5.74, 6) is -0.504. The summed E-state index contributed by atoms with van der Waals surface area (Å²) in [6, 6.07) is 0. The molecule has 1 unspecified atom stereocenters. The van der Waals surface area contributed by atoms with Crippen LogP contribution in [0.3, 0.4) is 0 Å². The van der Waals surface area contributed by atoms with Gasteiger partial charge < -0.3 is 4.74 Å². The Hall–Kier alpha value is -0.700. The summed E-state index contributed by atoms with van der Waals surface area (Å²) < 4.78 is 29.8. The topological polar surface area (TPSA) is 9.23 Å². The van der Waals surface area contributed by atoms with Crippen molar-refractivity contribution in [3.8, 4) is 0 Å². The number of methoxy groups -OCH3 is 1. The van der Waals surface area contributed by atoms with Crippen LogP contribution in [0.2, 0.25) is 0 Å². The predicted octanol–water partition coefficient (Wildman–Crippen LogP) is 2.15. The minimum atomic E-state index is -1.19. The van der Waals surface area contributed by atoms with Gasteiger partial charge in [0.05, 0.1) is 6.61 Å². The van der Waals surface area contributed by atoms with Crippen molar-refractivity contribution in [2.24, 2.45) is 0 Å². The highest BCUT2D eigenvalue weighted by molar-refractivity contribution is 5.25. The lowest BCUT2D eigenvalue weighted by Gasteiger charge is -2.11. The van der Waals surface area contributed by atoms with Gasteiger partial charge in [0.2, 0.25) is 0 Å². The first-order valence-electron chi connectivity index (χ1n) is 3.42. The highest BCUT2D eigenvalue weighted by Crippen LogP contribution is 2.20. The van der Waals surface area contributed by atoms with Gasteiger partial charge in [0.15, 0.2) is 0 Å². The summed E-state index contributed by atoms with van der Waals surface area (Å²) in [5, 5.41) is 0. The molecule has 0 spiro atoms. The number of hydrogen-bond donors (Lipinski definition) is 0. The number of alkyl halides is 1. The van der Waals surface area contributed by atoms with Gasteiger partial charge in [-0.15, -0.1) is 0 Å². The smallest absolute Gasteiger partial charge is 0.125 e. The Labute approximate surface area is 64.4 Å². The predicted molar refractivity (Wildman–Crippen MR) is 38.7 cm³/mol. The summed E-state index contributed by atoms with van der Waals surface area (Å²) in [6.45, 7) is 0.307. The molecule has 1 atom stereocenters. The van der Waals surface area contributed by atoms with Gasteiger partial charge in [0, 0.05) is 13.5 Å². The summed E-state index contributed by atoms with van der Waals surface area (Å²) in [6.07, 6.45) is 1.35. The van der Waals surface area contributed by atoms with Gasteiger partial charge in [0.25, 0.3) is 0 Å². The van der Waals surface area contributed by atoms with Crippen molar-refractivity contribution in [1.29, 1.82) is 0 Å². The lowest BCUT2D eigenvalue weighted by atomic mass is 10.0. The summed E-state index contributed by atoms with van der Waals surface area (Å²) >= 11 is 0. The van der Waals surface area contributed by atoms with Crippen LogP contribution in [0.15, 0.2) is 23.6 Å². The third-order valence-electron chi connectivity index (χ3n) is 1.47. The molecule has 11 heavy (non-hydrogen) atoms. The van der Waals surface area contributed by atoms with E-state index >= 15 is 0 Å². The Bertz CT molecular complexity index is 196. The fourth-order valence-corrected chi connectivity index (χ4v) is 1.07. The lowest BCUT2D eigenvalue weighted by Crippen LogP contribution is -2.07. The first kappa shape index (κ1) is 8.40. The molecule has 0 radical (unpaired) electrons. The van der Waals surface area contributed by atoms with Gasteiger partial charge in [-0.1, -0.05) is 0 Å². The van der Waals surface area contributed by atoms with Crippen molar-refractivity contribution in [3.05, 3.63) is 23.6 Å². The van der Waals surface area contributed by atoms with Crippen molar-refractivity contribution in [1.82, 2.24) is 0 Å². The highest BCUT2D eigenvalue weighted by atomic mass is 19.1. The molecule has 0 amide bonds. The summed E-state index contributed by atoms with van der Waals surface area (Å²) in [4.78, 5) is 0. The Kier molecular flexibility index (Phi) is 2.76. The van der Waals surface area contributed by atoms with Crippen molar-refractivity contribution in [2.75, 3.05) is 13.7 Å². The molecule has 0 aromatic heterocycles. The van der Waals surface area contributed by atoms with Crippen molar-refractivity contribution in [3.63, 3.8) is 0 Å². The zero-order chi connectivity index (χ0) is 8.27. The number of rotatable bonds is 2. The van der Waals surface area contributed by atoms with Crippen LogP contribution in [0.5, 0.6) is 0 Å². The van der Waals surface area contributed by atoms with Gasteiger partial charge in [-0.3, -0.25) is 0 Å². The van der Waals surface area contributed by atoms with E-state index in [1.807, 2.05) is 0 Å². The largest absolute Gasteiger partial charge is 0.380 e. The van der Waals surface area contributed by atoms with Gasteiger partial charge in [0.1, 0.15) is 12.0 Å². The van der Waals surface area contributed by atoms with E-state index in [1.165, 1.54) is 13.2 Å². The Morgan fingerprint density at radius 3 is 3.00 bits per heavy atom. The molecule has 0 fully saturated rings. The zero-order valence-corrected chi connectivity index (χ0v) is 6.31. The molecule has 62 valence electrons. The normalized spacial score (nSPS) is 24.5. The van der Waals surface area contributed by atoms with E-state index < -0.39 is 12.0 Å². The average Bonchev–Trinajstić information content (AvgIpc) is 1.85. The molecule has 0 heterocycles. The van der Waals surface area contributed by atoms with E-state index in [0.717, 1.165) is 6.08 Å². The number of hydrogen-bond acceptors (Lipinski definition) is 1. The van der Waals surface area contributed by atoms with Crippen LogP contribution in [-0.4, -0.2) is 19.9 Å². The molecule has 1 rings (SSSR count). The third-order valence-corrected chi connectivity index (χ3v) is 1.47. The van der Waals surface area contributed by atoms with Crippen molar-refractivity contribution >= 4 is 0 Å². The van der Waals surface area contributed by atoms with Crippen molar-refractivity contribution in [2.45, 2.75) is 12.6 Å². The average molecular weight is 160 g/mol. The van der Waals surface area contributed by atoms with E-state index in [2.05, 4.69) is 0 Å². The van der Waals surface area contributed by atoms with Gasteiger partial charge in [-0.2, -0.15) is 0 Å². The van der Waals surface area contributed by atoms with Crippen LogP contribution in [0, 0.1) is 0 Å². The molecule has 1 aliphatic carbocycles. The lowest BCUT2D eigenvalue weighted by molar-refractivity contribution is 0.217. The van der Waals surface area contributed by atoms with E-state index in [1.54, 1.807) is 0 Å². The second kappa shape index (κ2) is 3.62. The molecule has 1 nitrogen and oxygen atoms in total. The molecule has 0 saturated heterocycles. The van der Waals surface area contributed by atoms with E-state index in [0.29, 0.717) is 12.2 Å². The fourth-order valence-electron chi connectivity index (χ4n) is 1.07. The Morgan fingerprint density at radius 2 is 2.45 bits per heavy atom. The fraction of sp³-hybridized carbons (Fsp3) is 0.500. The SMILES string of the molecule is COCC1=CC(F)=CC(F)C1. The quantitative estimate of drug-likeness (QED) is 0.601. The zero-order valence-electron chi connectivity index (χ0n) is 6.31.